The molecule has 0 aromatic heterocycles. The Hall–Kier alpha value is -1.80. The standard InChI is InChI=1S/C15H18F2N2O3S/c16-15(17)23(21,22)13-3-1-11(2-4-13)9-14(20)19-10-12-5-7-18-8-6-12/h1-5,15,18H,6-10H2,(H,19,20). The van der Waals surface area contributed by atoms with Crippen molar-refractivity contribution < 1.29 is 22.0 Å². The van der Waals surface area contributed by atoms with Crippen molar-refractivity contribution in [1.29, 1.82) is 0 Å². The number of hydrogen-bond acceptors (Lipinski definition) is 4. The third kappa shape index (κ3) is 4.84. The van der Waals surface area contributed by atoms with Gasteiger partial charge in [-0.2, -0.15) is 8.78 Å². The average molecular weight is 344 g/mol. The Labute approximate surface area is 133 Å². The normalized spacial score (nSPS) is 15.3. The van der Waals surface area contributed by atoms with Gasteiger partial charge >= 0.3 is 5.76 Å². The lowest BCUT2D eigenvalue weighted by molar-refractivity contribution is -0.120. The molecule has 0 saturated carbocycles. The first-order chi connectivity index (χ1) is 10.9. The SMILES string of the molecule is O=C(Cc1ccc(S(=O)(=O)C(F)F)cc1)NCC1=CCNCC1. The summed E-state index contributed by atoms with van der Waals surface area (Å²) < 4.78 is 47.5. The summed E-state index contributed by atoms with van der Waals surface area (Å²) in [7, 11) is -4.59. The highest BCUT2D eigenvalue weighted by atomic mass is 32.2. The lowest BCUT2D eigenvalue weighted by Crippen LogP contribution is -2.30. The monoisotopic (exact) mass is 344 g/mol. The predicted molar refractivity (Wildman–Crippen MR) is 81.9 cm³/mol. The number of nitrogens with one attached hydrogen (secondary N) is 2. The Bertz CT molecular complexity index is 685. The van der Waals surface area contributed by atoms with E-state index in [2.05, 4.69) is 10.6 Å². The summed E-state index contributed by atoms with van der Waals surface area (Å²) in [6, 6.07) is 4.94. The summed E-state index contributed by atoms with van der Waals surface area (Å²) in [6.45, 7) is 2.17. The molecule has 0 spiro atoms. The predicted octanol–water partition coefficient (Wildman–Crippen LogP) is 1.26. The van der Waals surface area contributed by atoms with Gasteiger partial charge in [-0.05, 0) is 30.7 Å². The van der Waals surface area contributed by atoms with Crippen LogP contribution >= 0.6 is 0 Å². The van der Waals surface area contributed by atoms with Gasteiger partial charge < -0.3 is 10.6 Å². The van der Waals surface area contributed by atoms with E-state index in [4.69, 9.17) is 0 Å². The largest absolute Gasteiger partial charge is 0.352 e. The fraction of sp³-hybridized carbons (Fsp3) is 0.400. The molecular formula is C15H18F2N2O3S. The first-order valence-corrected chi connectivity index (χ1v) is 8.70. The smallest absolute Gasteiger partial charge is 0.341 e. The molecule has 1 heterocycles. The van der Waals surface area contributed by atoms with E-state index in [-0.39, 0.29) is 12.3 Å². The van der Waals surface area contributed by atoms with Crippen molar-refractivity contribution in [2.45, 2.75) is 23.5 Å². The van der Waals surface area contributed by atoms with Crippen LogP contribution in [0.4, 0.5) is 8.78 Å². The maximum absolute atomic E-state index is 12.4. The molecule has 2 N–H and O–H groups in total. The van der Waals surface area contributed by atoms with Crippen LogP contribution in [0.1, 0.15) is 12.0 Å². The van der Waals surface area contributed by atoms with E-state index in [1.807, 2.05) is 6.08 Å². The molecule has 0 bridgehead atoms. The highest BCUT2D eigenvalue weighted by Gasteiger charge is 2.26. The first kappa shape index (κ1) is 17.6. The number of carbonyl (C=O) groups excluding carboxylic acids is 1. The van der Waals surface area contributed by atoms with Crippen molar-refractivity contribution in [2.75, 3.05) is 19.6 Å². The van der Waals surface area contributed by atoms with Crippen LogP contribution in [0.5, 0.6) is 0 Å². The second-order valence-electron chi connectivity index (χ2n) is 5.22. The van der Waals surface area contributed by atoms with Crippen LogP contribution < -0.4 is 10.6 Å². The zero-order valence-corrected chi connectivity index (χ0v) is 13.2. The molecule has 0 atom stereocenters. The van der Waals surface area contributed by atoms with Crippen molar-refractivity contribution in [3.05, 3.63) is 41.5 Å². The Morgan fingerprint density at radius 3 is 2.52 bits per heavy atom. The van der Waals surface area contributed by atoms with Gasteiger partial charge in [-0.1, -0.05) is 23.8 Å². The zero-order valence-electron chi connectivity index (χ0n) is 12.4. The molecule has 0 saturated heterocycles. The maximum atomic E-state index is 12.4. The van der Waals surface area contributed by atoms with E-state index in [0.29, 0.717) is 12.1 Å². The quantitative estimate of drug-likeness (QED) is 0.762. The number of sulfone groups is 1. The van der Waals surface area contributed by atoms with Crippen LogP contribution in [0, 0.1) is 0 Å². The molecule has 0 radical (unpaired) electrons. The molecule has 126 valence electrons. The highest BCUT2D eigenvalue weighted by Crippen LogP contribution is 2.18. The van der Waals surface area contributed by atoms with Crippen LogP contribution in [0.15, 0.2) is 40.8 Å². The molecule has 8 heteroatoms. The summed E-state index contributed by atoms with van der Waals surface area (Å²) in [5, 5.41) is 5.97. The number of hydrogen-bond donors (Lipinski definition) is 2. The molecule has 1 aliphatic rings. The van der Waals surface area contributed by atoms with Gasteiger partial charge in [0.2, 0.25) is 15.7 Å². The van der Waals surface area contributed by atoms with Gasteiger partial charge in [-0.3, -0.25) is 4.79 Å². The number of carbonyl (C=O) groups is 1. The minimum atomic E-state index is -4.59. The summed E-state index contributed by atoms with van der Waals surface area (Å²) in [5.41, 5.74) is 1.73. The van der Waals surface area contributed by atoms with Crippen LogP contribution in [-0.4, -0.2) is 39.7 Å². The Morgan fingerprint density at radius 1 is 1.26 bits per heavy atom. The molecular weight excluding hydrogens is 326 g/mol. The van der Waals surface area contributed by atoms with Crippen LogP contribution in [0.2, 0.25) is 0 Å². The summed E-state index contributed by atoms with van der Waals surface area (Å²) >= 11 is 0. The van der Waals surface area contributed by atoms with Gasteiger partial charge in [0.1, 0.15) is 0 Å². The molecule has 1 aromatic rings. The van der Waals surface area contributed by atoms with E-state index in [1.165, 1.54) is 12.1 Å². The van der Waals surface area contributed by atoms with Crippen molar-refractivity contribution in [3.8, 4) is 0 Å². The average Bonchev–Trinajstić information content (AvgIpc) is 2.54. The number of rotatable bonds is 6. The maximum Gasteiger partial charge on any atom is 0.341 e. The summed E-state index contributed by atoms with van der Waals surface area (Å²) in [5.74, 6) is -3.65. The number of amides is 1. The second-order valence-corrected chi connectivity index (χ2v) is 7.14. The topological polar surface area (TPSA) is 75.3 Å². The molecule has 1 amide bonds. The first-order valence-electron chi connectivity index (χ1n) is 7.16. The zero-order chi connectivity index (χ0) is 16.9. The fourth-order valence-electron chi connectivity index (χ4n) is 2.19. The lowest BCUT2D eigenvalue weighted by atomic mass is 10.1. The molecule has 23 heavy (non-hydrogen) atoms. The van der Waals surface area contributed by atoms with Gasteiger partial charge in [0.05, 0.1) is 11.3 Å². The molecule has 0 unspecified atom stereocenters. The van der Waals surface area contributed by atoms with Crippen LogP contribution in [0.3, 0.4) is 0 Å². The van der Waals surface area contributed by atoms with E-state index in [9.17, 15) is 22.0 Å². The van der Waals surface area contributed by atoms with Gasteiger partial charge in [0.25, 0.3) is 0 Å². The van der Waals surface area contributed by atoms with Crippen LogP contribution in [-0.2, 0) is 21.1 Å². The highest BCUT2D eigenvalue weighted by molar-refractivity contribution is 7.91. The molecule has 0 aliphatic carbocycles. The van der Waals surface area contributed by atoms with Gasteiger partial charge in [-0.15, -0.1) is 0 Å². The van der Waals surface area contributed by atoms with Crippen molar-refractivity contribution >= 4 is 15.7 Å². The Balaban J connectivity index is 1.90. The van der Waals surface area contributed by atoms with E-state index >= 15 is 0 Å². The third-order valence-corrected chi connectivity index (χ3v) is 4.92. The number of benzene rings is 1. The molecule has 2 rings (SSSR count). The fourth-order valence-corrected chi connectivity index (χ4v) is 2.91. The number of alkyl halides is 2. The van der Waals surface area contributed by atoms with Crippen molar-refractivity contribution in [3.63, 3.8) is 0 Å². The Morgan fingerprint density at radius 2 is 1.96 bits per heavy atom. The summed E-state index contributed by atoms with van der Waals surface area (Å²) in [4.78, 5) is 11.4. The molecule has 5 nitrogen and oxygen atoms in total. The van der Waals surface area contributed by atoms with Gasteiger partial charge in [0, 0.05) is 13.1 Å². The van der Waals surface area contributed by atoms with E-state index in [1.54, 1.807) is 0 Å². The Kier molecular flexibility index (Phi) is 5.84. The minimum Gasteiger partial charge on any atom is -0.352 e. The second kappa shape index (κ2) is 7.65. The lowest BCUT2D eigenvalue weighted by Gasteiger charge is -2.14. The molecule has 1 aromatic carbocycles. The van der Waals surface area contributed by atoms with E-state index in [0.717, 1.165) is 37.2 Å². The van der Waals surface area contributed by atoms with Crippen molar-refractivity contribution in [2.24, 2.45) is 0 Å². The minimum absolute atomic E-state index is 0.0700. The van der Waals surface area contributed by atoms with Crippen LogP contribution in [0.25, 0.3) is 0 Å². The van der Waals surface area contributed by atoms with Crippen molar-refractivity contribution in [1.82, 2.24) is 10.6 Å². The molecule has 0 fully saturated rings. The number of halogens is 2. The van der Waals surface area contributed by atoms with E-state index < -0.39 is 20.5 Å². The summed E-state index contributed by atoms with van der Waals surface area (Å²) in [6.07, 6.45) is 2.99. The third-order valence-electron chi connectivity index (χ3n) is 3.52. The van der Waals surface area contributed by atoms with Gasteiger partial charge in [0.15, 0.2) is 0 Å². The van der Waals surface area contributed by atoms with Gasteiger partial charge in [-0.25, -0.2) is 8.42 Å². The molecule has 1 aliphatic heterocycles.